The molecule has 1 heterocycles. The number of nitrogens with zero attached hydrogens (tertiary/aromatic N) is 3. The van der Waals surface area contributed by atoms with E-state index in [4.69, 9.17) is 0 Å². The van der Waals surface area contributed by atoms with Gasteiger partial charge in [-0.1, -0.05) is 59.8 Å². The zero-order chi connectivity index (χ0) is 21.6. The van der Waals surface area contributed by atoms with Crippen molar-refractivity contribution in [2.75, 3.05) is 12.0 Å². The second kappa shape index (κ2) is 9.88. The number of carbonyl (C=O) groups is 1. The van der Waals surface area contributed by atoms with Crippen LogP contribution in [-0.2, 0) is 27.9 Å². The van der Waals surface area contributed by atoms with Crippen molar-refractivity contribution in [1.82, 2.24) is 24.8 Å². The van der Waals surface area contributed by atoms with E-state index >= 15 is 0 Å². The first-order valence-electron chi connectivity index (χ1n) is 9.21. The molecule has 0 aliphatic carbocycles. The SMILES string of the molecule is Cc1ccc(-n2c(CNS(C)(=O)=O)nnc2SCC(=O)NCc2ccccc2)cc1. The van der Waals surface area contributed by atoms with Crippen molar-refractivity contribution in [1.29, 1.82) is 0 Å². The summed E-state index contributed by atoms with van der Waals surface area (Å²) in [4.78, 5) is 12.3. The molecule has 2 N–H and O–H groups in total. The van der Waals surface area contributed by atoms with E-state index in [0.717, 1.165) is 23.1 Å². The summed E-state index contributed by atoms with van der Waals surface area (Å²) in [6, 6.07) is 17.4. The maximum absolute atomic E-state index is 12.3. The fourth-order valence-corrected chi connectivity index (χ4v) is 3.83. The van der Waals surface area contributed by atoms with Crippen LogP contribution in [0.3, 0.4) is 0 Å². The Hall–Kier alpha value is -2.69. The maximum atomic E-state index is 12.3. The van der Waals surface area contributed by atoms with Gasteiger partial charge in [0.1, 0.15) is 0 Å². The van der Waals surface area contributed by atoms with Crippen molar-refractivity contribution in [2.45, 2.75) is 25.2 Å². The molecule has 0 spiro atoms. The molecule has 8 nitrogen and oxygen atoms in total. The molecule has 10 heteroatoms. The summed E-state index contributed by atoms with van der Waals surface area (Å²) in [6.45, 7) is 2.43. The molecule has 2 aromatic carbocycles. The topological polar surface area (TPSA) is 106 Å². The Kier molecular flexibility index (Phi) is 7.24. The number of aromatic nitrogens is 3. The summed E-state index contributed by atoms with van der Waals surface area (Å²) in [6.07, 6.45) is 1.09. The standard InChI is InChI=1S/C20H23N5O3S2/c1-15-8-10-17(11-9-15)25-18(13-22-30(2,27)28)23-24-20(25)29-14-19(26)21-12-16-6-4-3-5-7-16/h3-11,22H,12-14H2,1-2H3,(H,21,26). The Morgan fingerprint density at radius 2 is 1.73 bits per heavy atom. The first-order valence-corrected chi connectivity index (χ1v) is 12.1. The lowest BCUT2D eigenvalue weighted by Crippen LogP contribution is -2.25. The zero-order valence-corrected chi connectivity index (χ0v) is 18.3. The number of sulfonamides is 1. The van der Waals surface area contributed by atoms with Crippen molar-refractivity contribution in [3.63, 3.8) is 0 Å². The molecule has 1 aromatic heterocycles. The van der Waals surface area contributed by atoms with Crippen LogP contribution >= 0.6 is 11.8 Å². The molecule has 0 unspecified atom stereocenters. The number of thioether (sulfide) groups is 1. The fourth-order valence-electron chi connectivity index (χ4n) is 2.63. The molecule has 0 aliphatic rings. The first kappa shape index (κ1) is 22.0. The predicted molar refractivity (Wildman–Crippen MR) is 117 cm³/mol. The van der Waals surface area contributed by atoms with Crippen LogP contribution in [0.4, 0.5) is 0 Å². The second-order valence-electron chi connectivity index (χ2n) is 6.71. The third-order valence-corrected chi connectivity index (χ3v) is 5.75. The lowest BCUT2D eigenvalue weighted by atomic mass is 10.2. The zero-order valence-electron chi connectivity index (χ0n) is 16.7. The van der Waals surface area contributed by atoms with Crippen molar-refractivity contribution in [2.24, 2.45) is 0 Å². The highest BCUT2D eigenvalue weighted by atomic mass is 32.2. The van der Waals surface area contributed by atoms with E-state index in [1.165, 1.54) is 11.8 Å². The third kappa shape index (κ3) is 6.41. The summed E-state index contributed by atoms with van der Waals surface area (Å²) in [5.74, 6) is 0.477. The number of hydrogen-bond acceptors (Lipinski definition) is 6. The minimum Gasteiger partial charge on any atom is -0.351 e. The Labute approximate surface area is 180 Å². The summed E-state index contributed by atoms with van der Waals surface area (Å²) in [7, 11) is -3.38. The molecule has 0 atom stereocenters. The third-order valence-electron chi connectivity index (χ3n) is 4.15. The number of hydrogen-bond donors (Lipinski definition) is 2. The number of carbonyl (C=O) groups excluding carboxylic acids is 1. The first-order chi connectivity index (χ1) is 14.3. The number of nitrogens with one attached hydrogen (secondary N) is 2. The van der Waals surface area contributed by atoms with Crippen LogP contribution < -0.4 is 10.0 Å². The van der Waals surface area contributed by atoms with Gasteiger partial charge in [-0.3, -0.25) is 9.36 Å². The second-order valence-corrected chi connectivity index (χ2v) is 9.49. The van der Waals surface area contributed by atoms with Crippen molar-refractivity contribution in [3.05, 3.63) is 71.5 Å². The smallest absolute Gasteiger partial charge is 0.230 e. The predicted octanol–water partition coefficient (Wildman–Crippen LogP) is 2.03. The van der Waals surface area contributed by atoms with Crippen LogP contribution in [0, 0.1) is 6.92 Å². The van der Waals surface area contributed by atoms with E-state index in [1.54, 1.807) is 4.57 Å². The summed E-state index contributed by atoms with van der Waals surface area (Å²) in [5, 5.41) is 11.7. The summed E-state index contributed by atoms with van der Waals surface area (Å²) >= 11 is 1.24. The average Bonchev–Trinajstić information content (AvgIpc) is 3.13. The van der Waals surface area contributed by atoms with Gasteiger partial charge in [0.15, 0.2) is 11.0 Å². The maximum Gasteiger partial charge on any atom is 0.230 e. The van der Waals surface area contributed by atoms with Crippen LogP contribution in [0.25, 0.3) is 5.69 Å². The van der Waals surface area contributed by atoms with E-state index in [0.29, 0.717) is 17.5 Å². The van der Waals surface area contributed by atoms with Gasteiger partial charge in [-0.25, -0.2) is 13.1 Å². The quantitative estimate of drug-likeness (QED) is 0.488. The highest BCUT2D eigenvalue weighted by Gasteiger charge is 2.17. The van der Waals surface area contributed by atoms with Gasteiger partial charge in [0.05, 0.1) is 18.6 Å². The Balaban J connectivity index is 1.72. The molecule has 0 fully saturated rings. The van der Waals surface area contributed by atoms with Crippen LogP contribution in [0.2, 0.25) is 0 Å². The van der Waals surface area contributed by atoms with Crippen molar-refractivity contribution >= 4 is 27.7 Å². The van der Waals surface area contributed by atoms with Crippen LogP contribution in [0.1, 0.15) is 17.0 Å². The van der Waals surface area contributed by atoms with Crippen LogP contribution in [-0.4, -0.2) is 41.1 Å². The Bertz CT molecular complexity index is 1100. The molecule has 1 amide bonds. The van der Waals surface area contributed by atoms with Crippen LogP contribution in [0.5, 0.6) is 0 Å². The van der Waals surface area contributed by atoms with Gasteiger partial charge in [-0.2, -0.15) is 0 Å². The number of amides is 1. The molecule has 158 valence electrons. The molecule has 0 bridgehead atoms. The number of benzene rings is 2. The molecule has 0 radical (unpaired) electrons. The number of rotatable bonds is 9. The van der Waals surface area contributed by atoms with E-state index in [2.05, 4.69) is 20.2 Å². The van der Waals surface area contributed by atoms with Gasteiger partial charge in [0.2, 0.25) is 15.9 Å². The number of aryl methyl sites for hydroxylation is 1. The lowest BCUT2D eigenvalue weighted by molar-refractivity contribution is -0.118. The monoisotopic (exact) mass is 445 g/mol. The summed E-state index contributed by atoms with van der Waals surface area (Å²) < 4.78 is 27.2. The minimum atomic E-state index is -3.38. The van der Waals surface area contributed by atoms with Gasteiger partial charge in [-0.05, 0) is 24.6 Å². The molecule has 0 saturated carbocycles. The molecular formula is C20H23N5O3S2. The van der Waals surface area contributed by atoms with Gasteiger partial charge < -0.3 is 5.32 Å². The molecular weight excluding hydrogens is 422 g/mol. The summed E-state index contributed by atoms with van der Waals surface area (Å²) in [5.41, 5.74) is 2.91. The molecule has 3 rings (SSSR count). The molecule has 30 heavy (non-hydrogen) atoms. The minimum absolute atomic E-state index is 0.000470. The van der Waals surface area contributed by atoms with Gasteiger partial charge in [0, 0.05) is 12.2 Å². The Morgan fingerprint density at radius 3 is 2.40 bits per heavy atom. The molecule has 0 saturated heterocycles. The van der Waals surface area contributed by atoms with Gasteiger partial charge in [-0.15, -0.1) is 10.2 Å². The largest absolute Gasteiger partial charge is 0.351 e. The van der Waals surface area contributed by atoms with E-state index in [9.17, 15) is 13.2 Å². The molecule has 3 aromatic rings. The van der Waals surface area contributed by atoms with Crippen molar-refractivity contribution < 1.29 is 13.2 Å². The van der Waals surface area contributed by atoms with Crippen molar-refractivity contribution in [3.8, 4) is 5.69 Å². The fraction of sp³-hybridized carbons (Fsp3) is 0.250. The van der Waals surface area contributed by atoms with Gasteiger partial charge in [0.25, 0.3) is 0 Å². The Morgan fingerprint density at radius 1 is 1.03 bits per heavy atom. The average molecular weight is 446 g/mol. The van der Waals surface area contributed by atoms with E-state index in [1.807, 2.05) is 61.5 Å². The highest BCUT2D eigenvalue weighted by molar-refractivity contribution is 7.99. The van der Waals surface area contributed by atoms with E-state index < -0.39 is 10.0 Å². The van der Waals surface area contributed by atoms with Gasteiger partial charge >= 0.3 is 0 Å². The molecule has 0 aliphatic heterocycles. The van der Waals surface area contributed by atoms with E-state index in [-0.39, 0.29) is 18.2 Å². The normalized spacial score (nSPS) is 11.4. The highest BCUT2D eigenvalue weighted by Crippen LogP contribution is 2.22. The lowest BCUT2D eigenvalue weighted by Gasteiger charge is -2.11. The van der Waals surface area contributed by atoms with Crippen LogP contribution in [0.15, 0.2) is 59.8 Å².